The van der Waals surface area contributed by atoms with Gasteiger partial charge in [-0.05, 0) is 38.4 Å². The van der Waals surface area contributed by atoms with Crippen LogP contribution in [0.5, 0.6) is 0 Å². The average Bonchev–Trinajstić information content (AvgIpc) is 2.88. The van der Waals surface area contributed by atoms with Gasteiger partial charge in [0.25, 0.3) is 0 Å². The van der Waals surface area contributed by atoms with E-state index in [0.29, 0.717) is 6.04 Å². The summed E-state index contributed by atoms with van der Waals surface area (Å²) in [5.74, 6) is 0. The molecule has 3 heteroatoms. The van der Waals surface area contributed by atoms with Gasteiger partial charge in [0, 0.05) is 17.5 Å². The Morgan fingerprint density at radius 3 is 2.75 bits per heavy atom. The molecule has 0 saturated heterocycles. The van der Waals surface area contributed by atoms with Crippen molar-refractivity contribution in [2.24, 2.45) is 0 Å². The zero-order valence-corrected chi connectivity index (χ0v) is 11.1. The van der Waals surface area contributed by atoms with E-state index < -0.39 is 0 Å². The van der Waals surface area contributed by atoms with E-state index in [4.69, 9.17) is 0 Å². The predicted octanol–water partition coefficient (Wildman–Crippen LogP) is 2.88. The van der Waals surface area contributed by atoms with Crippen molar-refractivity contribution in [1.82, 2.24) is 10.2 Å². The first-order valence-corrected chi connectivity index (χ1v) is 7.08. The van der Waals surface area contributed by atoms with Crippen molar-refractivity contribution in [3.63, 3.8) is 0 Å². The molecule has 2 rings (SSSR count). The van der Waals surface area contributed by atoms with Gasteiger partial charge in [0.05, 0.1) is 6.04 Å². The second-order valence-electron chi connectivity index (χ2n) is 4.88. The normalized spacial score (nSPS) is 19.4. The molecule has 1 unspecified atom stereocenters. The molecular weight excluding hydrogens is 216 g/mol. The molecule has 1 saturated carbocycles. The van der Waals surface area contributed by atoms with Gasteiger partial charge in [-0.1, -0.05) is 18.9 Å². The Bertz CT molecular complexity index is 289. The molecule has 0 aliphatic heterocycles. The third-order valence-electron chi connectivity index (χ3n) is 3.45. The summed E-state index contributed by atoms with van der Waals surface area (Å²) >= 11 is 1.86. The minimum absolute atomic E-state index is 0.528. The standard InChI is InChI=1S/C13H22N2S/c1-15(2)12(13-8-5-9-16-13)10-14-11-6-3-4-7-11/h5,8-9,11-12,14H,3-4,6-7,10H2,1-2H3. The molecule has 0 bridgehead atoms. The summed E-state index contributed by atoms with van der Waals surface area (Å²) < 4.78 is 0. The number of nitrogens with one attached hydrogen (secondary N) is 1. The molecule has 0 radical (unpaired) electrons. The lowest BCUT2D eigenvalue weighted by molar-refractivity contribution is 0.283. The first-order chi connectivity index (χ1) is 7.77. The molecule has 1 heterocycles. The topological polar surface area (TPSA) is 15.3 Å². The van der Waals surface area contributed by atoms with Crippen molar-refractivity contribution in [2.75, 3.05) is 20.6 Å². The number of rotatable bonds is 5. The van der Waals surface area contributed by atoms with Gasteiger partial charge in [0.1, 0.15) is 0 Å². The SMILES string of the molecule is CN(C)C(CNC1CCCC1)c1cccs1. The summed E-state index contributed by atoms with van der Waals surface area (Å²) in [6.45, 7) is 1.08. The van der Waals surface area contributed by atoms with Crippen LogP contribution in [0.25, 0.3) is 0 Å². The van der Waals surface area contributed by atoms with Gasteiger partial charge in [0.2, 0.25) is 0 Å². The van der Waals surface area contributed by atoms with Gasteiger partial charge >= 0.3 is 0 Å². The van der Waals surface area contributed by atoms with Crippen molar-refractivity contribution in [1.29, 1.82) is 0 Å². The van der Waals surface area contributed by atoms with Crippen LogP contribution in [-0.2, 0) is 0 Å². The summed E-state index contributed by atoms with van der Waals surface area (Å²) in [4.78, 5) is 3.78. The van der Waals surface area contributed by atoms with Crippen molar-refractivity contribution in [2.45, 2.75) is 37.8 Å². The molecule has 0 aromatic carbocycles. The summed E-state index contributed by atoms with van der Waals surface area (Å²) in [5.41, 5.74) is 0. The summed E-state index contributed by atoms with van der Waals surface area (Å²) in [7, 11) is 4.33. The van der Waals surface area contributed by atoms with Gasteiger partial charge in [0.15, 0.2) is 0 Å². The van der Waals surface area contributed by atoms with Crippen LogP contribution in [0.4, 0.5) is 0 Å². The molecule has 16 heavy (non-hydrogen) atoms. The van der Waals surface area contributed by atoms with Crippen LogP contribution < -0.4 is 5.32 Å². The molecule has 1 aromatic heterocycles. The number of hydrogen-bond acceptors (Lipinski definition) is 3. The van der Waals surface area contributed by atoms with Crippen molar-refractivity contribution < 1.29 is 0 Å². The highest BCUT2D eigenvalue weighted by Crippen LogP contribution is 2.24. The smallest absolute Gasteiger partial charge is 0.0561 e. The Morgan fingerprint density at radius 2 is 2.19 bits per heavy atom. The van der Waals surface area contributed by atoms with Gasteiger partial charge < -0.3 is 10.2 Å². The summed E-state index contributed by atoms with van der Waals surface area (Å²) in [6.07, 6.45) is 5.54. The third kappa shape index (κ3) is 3.06. The Labute approximate surface area is 103 Å². The first kappa shape index (κ1) is 12.1. The van der Waals surface area contributed by atoms with Crippen molar-refractivity contribution in [3.8, 4) is 0 Å². The number of nitrogens with zero attached hydrogens (tertiary/aromatic N) is 1. The highest BCUT2D eigenvalue weighted by atomic mass is 32.1. The Morgan fingerprint density at radius 1 is 1.44 bits per heavy atom. The summed E-state index contributed by atoms with van der Waals surface area (Å²) in [6, 6.07) is 5.68. The molecule has 0 spiro atoms. The molecule has 1 atom stereocenters. The Balaban J connectivity index is 1.88. The van der Waals surface area contributed by atoms with E-state index in [2.05, 4.69) is 41.8 Å². The third-order valence-corrected chi connectivity index (χ3v) is 4.42. The lowest BCUT2D eigenvalue weighted by atomic mass is 10.2. The highest BCUT2D eigenvalue weighted by Gasteiger charge is 2.19. The second kappa shape index (κ2) is 5.80. The van der Waals surface area contributed by atoms with Crippen molar-refractivity contribution >= 4 is 11.3 Å². The number of thiophene rings is 1. The average molecular weight is 238 g/mol. The maximum atomic E-state index is 3.72. The largest absolute Gasteiger partial charge is 0.312 e. The number of hydrogen-bond donors (Lipinski definition) is 1. The fraction of sp³-hybridized carbons (Fsp3) is 0.692. The zero-order chi connectivity index (χ0) is 11.4. The van der Waals surface area contributed by atoms with E-state index in [1.807, 2.05) is 11.3 Å². The van der Waals surface area contributed by atoms with E-state index in [1.165, 1.54) is 30.6 Å². The fourth-order valence-corrected chi connectivity index (χ4v) is 3.35. The molecule has 1 aliphatic carbocycles. The number of likely N-dealkylation sites (N-methyl/N-ethyl adjacent to an activating group) is 1. The van der Waals surface area contributed by atoms with Crippen LogP contribution in [0.1, 0.15) is 36.6 Å². The lowest BCUT2D eigenvalue weighted by Crippen LogP contribution is -2.35. The molecule has 0 amide bonds. The van der Waals surface area contributed by atoms with E-state index in [9.17, 15) is 0 Å². The molecular formula is C13H22N2S. The van der Waals surface area contributed by atoms with Gasteiger partial charge in [-0.2, -0.15) is 0 Å². The molecule has 1 aliphatic rings. The molecule has 1 fully saturated rings. The van der Waals surface area contributed by atoms with Gasteiger partial charge in [-0.25, -0.2) is 0 Å². The van der Waals surface area contributed by atoms with Crippen LogP contribution in [0.3, 0.4) is 0 Å². The van der Waals surface area contributed by atoms with Crippen LogP contribution in [-0.4, -0.2) is 31.6 Å². The highest BCUT2D eigenvalue weighted by molar-refractivity contribution is 7.10. The second-order valence-corrected chi connectivity index (χ2v) is 5.86. The molecule has 1 N–H and O–H groups in total. The lowest BCUT2D eigenvalue weighted by Gasteiger charge is -2.25. The Kier molecular flexibility index (Phi) is 4.38. The monoisotopic (exact) mass is 238 g/mol. The van der Waals surface area contributed by atoms with E-state index in [1.54, 1.807) is 0 Å². The van der Waals surface area contributed by atoms with Crippen LogP contribution in [0.2, 0.25) is 0 Å². The van der Waals surface area contributed by atoms with Crippen LogP contribution in [0.15, 0.2) is 17.5 Å². The minimum atomic E-state index is 0.528. The summed E-state index contributed by atoms with van der Waals surface area (Å²) in [5, 5.41) is 5.88. The van der Waals surface area contributed by atoms with Gasteiger partial charge in [-0.15, -0.1) is 11.3 Å². The van der Waals surface area contributed by atoms with E-state index >= 15 is 0 Å². The molecule has 1 aromatic rings. The van der Waals surface area contributed by atoms with Crippen LogP contribution in [0, 0.1) is 0 Å². The Hall–Kier alpha value is -0.380. The van der Waals surface area contributed by atoms with E-state index in [-0.39, 0.29) is 0 Å². The molecule has 2 nitrogen and oxygen atoms in total. The minimum Gasteiger partial charge on any atom is -0.312 e. The maximum Gasteiger partial charge on any atom is 0.0561 e. The van der Waals surface area contributed by atoms with E-state index in [0.717, 1.165) is 12.6 Å². The zero-order valence-electron chi connectivity index (χ0n) is 10.3. The van der Waals surface area contributed by atoms with Crippen LogP contribution >= 0.6 is 11.3 Å². The van der Waals surface area contributed by atoms with Crippen molar-refractivity contribution in [3.05, 3.63) is 22.4 Å². The van der Waals surface area contributed by atoms with Gasteiger partial charge in [-0.3, -0.25) is 0 Å². The molecule has 90 valence electrons. The first-order valence-electron chi connectivity index (χ1n) is 6.20. The maximum absolute atomic E-state index is 3.72. The fourth-order valence-electron chi connectivity index (χ4n) is 2.43. The predicted molar refractivity (Wildman–Crippen MR) is 71.0 cm³/mol. The quantitative estimate of drug-likeness (QED) is 0.848.